The van der Waals surface area contributed by atoms with E-state index in [1.165, 1.54) is 5.56 Å². The van der Waals surface area contributed by atoms with E-state index in [9.17, 15) is 0 Å². The fraction of sp³-hybridized carbons (Fsp3) is 0.381. The third-order valence-electron chi connectivity index (χ3n) is 3.82. The van der Waals surface area contributed by atoms with Crippen LogP contribution in [-0.2, 0) is 17.9 Å². The molecule has 0 unspecified atom stereocenters. The molecule has 0 heterocycles. The summed E-state index contributed by atoms with van der Waals surface area (Å²) >= 11 is 0. The van der Waals surface area contributed by atoms with Gasteiger partial charge in [-0.25, -0.2) is 0 Å². The normalized spacial score (nSPS) is 10.8. The molecule has 0 aliphatic rings. The van der Waals surface area contributed by atoms with E-state index in [2.05, 4.69) is 39.9 Å². The van der Waals surface area contributed by atoms with Gasteiger partial charge in [-0.15, -0.1) is 24.0 Å². The molecule has 0 fully saturated rings. The summed E-state index contributed by atoms with van der Waals surface area (Å²) in [5.41, 5.74) is 2.34. The Bertz CT molecular complexity index is 648. The van der Waals surface area contributed by atoms with E-state index in [1.54, 1.807) is 7.05 Å². The molecule has 27 heavy (non-hydrogen) atoms. The van der Waals surface area contributed by atoms with Crippen LogP contribution in [0.4, 0.5) is 0 Å². The van der Waals surface area contributed by atoms with Crippen LogP contribution in [0.15, 0.2) is 59.6 Å². The first-order chi connectivity index (χ1) is 12.8. The third kappa shape index (κ3) is 9.63. The Balaban J connectivity index is 0.00000364. The van der Waals surface area contributed by atoms with Gasteiger partial charge in [-0.3, -0.25) is 4.99 Å². The highest BCUT2D eigenvalue weighted by Gasteiger charge is 2.00. The van der Waals surface area contributed by atoms with Gasteiger partial charge in [0.25, 0.3) is 0 Å². The van der Waals surface area contributed by atoms with Gasteiger partial charge in [0, 0.05) is 33.4 Å². The third-order valence-corrected chi connectivity index (χ3v) is 3.82. The monoisotopic (exact) mass is 483 g/mol. The molecular weight excluding hydrogens is 453 g/mol. The van der Waals surface area contributed by atoms with Crippen LogP contribution in [0, 0.1) is 0 Å². The summed E-state index contributed by atoms with van der Waals surface area (Å²) in [5, 5.41) is 6.59. The van der Waals surface area contributed by atoms with Crippen LogP contribution in [-0.4, -0.2) is 32.8 Å². The van der Waals surface area contributed by atoms with Crippen molar-refractivity contribution in [2.75, 3.05) is 26.8 Å². The Kier molecular flexibility index (Phi) is 12.3. The summed E-state index contributed by atoms with van der Waals surface area (Å²) in [7, 11) is 1.78. The Hall–Kier alpha value is -1.80. The van der Waals surface area contributed by atoms with E-state index in [0.29, 0.717) is 13.2 Å². The van der Waals surface area contributed by atoms with Crippen LogP contribution in [0.5, 0.6) is 5.75 Å². The summed E-state index contributed by atoms with van der Waals surface area (Å²) in [4.78, 5) is 4.23. The minimum absolute atomic E-state index is 0. The SMILES string of the molecule is CCOCCCNC(=NC)NCc1ccc(OCc2ccccc2)cc1.I. The van der Waals surface area contributed by atoms with Gasteiger partial charge in [-0.05, 0) is 36.6 Å². The van der Waals surface area contributed by atoms with E-state index in [1.807, 2.05) is 37.3 Å². The average molecular weight is 483 g/mol. The van der Waals surface area contributed by atoms with Crippen molar-refractivity contribution in [2.24, 2.45) is 4.99 Å². The summed E-state index contributed by atoms with van der Waals surface area (Å²) in [5.74, 6) is 1.67. The van der Waals surface area contributed by atoms with E-state index in [0.717, 1.165) is 43.5 Å². The van der Waals surface area contributed by atoms with Crippen LogP contribution in [0.1, 0.15) is 24.5 Å². The number of halogens is 1. The highest BCUT2D eigenvalue weighted by Crippen LogP contribution is 2.14. The van der Waals surface area contributed by atoms with Crippen molar-refractivity contribution in [2.45, 2.75) is 26.5 Å². The van der Waals surface area contributed by atoms with Gasteiger partial charge in [-0.2, -0.15) is 0 Å². The molecule has 6 heteroatoms. The summed E-state index contributed by atoms with van der Waals surface area (Å²) in [6.45, 7) is 5.67. The van der Waals surface area contributed by atoms with Crippen molar-refractivity contribution in [3.63, 3.8) is 0 Å². The van der Waals surface area contributed by atoms with E-state index in [4.69, 9.17) is 9.47 Å². The first kappa shape index (κ1) is 23.2. The lowest BCUT2D eigenvalue weighted by molar-refractivity contribution is 0.145. The number of rotatable bonds is 10. The lowest BCUT2D eigenvalue weighted by atomic mass is 10.2. The van der Waals surface area contributed by atoms with Crippen molar-refractivity contribution in [3.8, 4) is 5.75 Å². The average Bonchev–Trinajstić information content (AvgIpc) is 2.70. The van der Waals surface area contributed by atoms with Crippen LogP contribution in [0.2, 0.25) is 0 Å². The van der Waals surface area contributed by atoms with Gasteiger partial charge in [0.05, 0.1) is 0 Å². The maximum absolute atomic E-state index is 5.81. The molecule has 0 saturated carbocycles. The highest BCUT2D eigenvalue weighted by atomic mass is 127. The second-order valence-electron chi connectivity index (χ2n) is 5.82. The zero-order chi connectivity index (χ0) is 18.5. The minimum Gasteiger partial charge on any atom is -0.489 e. The minimum atomic E-state index is 0. The maximum Gasteiger partial charge on any atom is 0.191 e. The first-order valence-electron chi connectivity index (χ1n) is 9.09. The molecule has 5 nitrogen and oxygen atoms in total. The molecule has 0 saturated heterocycles. The number of benzene rings is 2. The molecule has 2 aromatic rings. The largest absolute Gasteiger partial charge is 0.489 e. The lowest BCUT2D eigenvalue weighted by Crippen LogP contribution is -2.37. The second-order valence-corrected chi connectivity index (χ2v) is 5.82. The fourth-order valence-electron chi connectivity index (χ4n) is 2.38. The predicted molar refractivity (Wildman–Crippen MR) is 122 cm³/mol. The van der Waals surface area contributed by atoms with E-state index < -0.39 is 0 Å². The molecule has 0 radical (unpaired) electrons. The second kappa shape index (κ2) is 14.3. The van der Waals surface area contributed by atoms with E-state index >= 15 is 0 Å². The van der Waals surface area contributed by atoms with Gasteiger partial charge in [0.15, 0.2) is 5.96 Å². The summed E-state index contributed by atoms with van der Waals surface area (Å²) in [6.07, 6.45) is 0.960. The first-order valence-corrected chi connectivity index (χ1v) is 9.09. The van der Waals surface area contributed by atoms with Gasteiger partial charge in [0.1, 0.15) is 12.4 Å². The van der Waals surface area contributed by atoms with Crippen LogP contribution >= 0.6 is 24.0 Å². The maximum atomic E-state index is 5.81. The van der Waals surface area contributed by atoms with Crippen molar-refractivity contribution >= 4 is 29.9 Å². The molecular formula is C21H30IN3O2. The van der Waals surface area contributed by atoms with Crippen LogP contribution in [0.3, 0.4) is 0 Å². The van der Waals surface area contributed by atoms with Crippen molar-refractivity contribution in [1.29, 1.82) is 0 Å². The Morgan fingerprint density at radius 1 is 0.963 bits per heavy atom. The van der Waals surface area contributed by atoms with Crippen LogP contribution < -0.4 is 15.4 Å². The van der Waals surface area contributed by atoms with Crippen molar-refractivity contribution < 1.29 is 9.47 Å². The number of aliphatic imine (C=N–C) groups is 1. The molecule has 0 aromatic heterocycles. The standard InChI is InChI=1S/C21H29N3O2.HI/c1-3-25-15-7-14-23-21(22-2)24-16-18-10-12-20(13-11-18)26-17-19-8-5-4-6-9-19;/h4-6,8-13H,3,7,14-17H2,1-2H3,(H2,22,23,24);1H. The van der Waals surface area contributed by atoms with Gasteiger partial charge >= 0.3 is 0 Å². The van der Waals surface area contributed by atoms with Gasteiger partial charge in [0.2, 0.25) is 0 Å². The number of hydrogen-bond acceptors (Lipinski definition) is 3. The molecule has 148 valence electrons. The number of hydrogen-bond donors (Lipinski definition) is 2. The molecule has 2 rings (SSSR count). The summed E-state index contributed by atoms with van der Waals surface area (Å²) < 4.78 is 11.1. The molecule has 0 aliphatic heterocycles. The zero-order valence-electron chi connectivity index (χ0n) is 16.1. The molecule has 0 spiro atoms. The predicted octanol–water partition coefficient (Wildman–Crippen LogP) is 3.98. The van der Waals surface area contributed by atoms with Gasteiger partial charge in [-0.1, -0.05) is 42.5 Å². The van der Waals surface area contributed by atoms with Crippen LogP contribution in [0.25, 0.3) is 0 Å². The molecule has 2 N–H and O–H groups in total. The summed E-state index contributed by atoms with van der Waals surface area (Å²) in [6, 6.07) is 18.3. The van der Waals surface area contributed by atoms with Gasteiger partial charge < -0.3 is 20.1 Å². The number of guanidine groups is 1. The Morgan fingerprint density at radius 3 is 2.37 bits per heavy atom. The Morgan fingerprint density at radius 2 is 1.70 bits per heavy atom. The number of nitrogens with one attached hydrogen (secondary N) is 2. The quantitative estimate of drug-likeness (QED) is 0.233. The highest BCUT2D eigenvalue weighted by molar-refractivity contribution is 14.0. The number of nitrogens with zero attached hydrogens (tertiary/aromatic N) is 1. The molecule has 0 atom stereocenters. The molecule has 0 amide bonds. The lowest BCUT2D eigenvalue weighted by Gasteiger charge is -2.12. The van der Waals surface area contributed by atoms with E-state index in [-0.39, 0.29) is 24.0 Å². The molecule has 2 aromatic carbocycles. The fourth-order valence-corrected chi connectivity index (χ4v) is 2.38. The molecule has 0 aliphatic carbocycles. The Labute approximate surface area is 179 Å². The van der Waals surface area contributed by atoms with Crippen molar-refractivity contribution in [1.82, 2.24) is 10.6 Å². The zero-order valence-corrected chi connectivity index (χ0v) is 18.4. The molecule has 0 bridgehead atoms. The smallest absolute Gasteiger partial charge is 0.191 e. The number of ether oxygens (including phenoxy) is 2. The van der Waals surface area contributed by atoms with Crippen molar-refractivity contribution in [3.05, 3.63) is 65.7 Å². The topological polar surface area (TPSA) is 54.9 Å².